The SMILES string of the molecule is COc1ccc2c(c1C(=O)Nc1ccccc1)C(C(=O)[C@H](C)NC(=O)OC(C)(C)C)CC2. The first-order valence-corrected chi connectivity index (χ1v) is 10.7. The van der Waals surface area contributed by atoms with E-state index in [0.29, 0.717) is 35.4 Å². The average molecular weight is 439 g/mol. The van der Waals surface area contributed by atoms with E-state index >= 15 is 0 Å². The van der Waals surface area contributed by atoms with Gasteiger partial charge in [-0.25, -0.2) is 4.79 Å². The van der Waals surface area contributed by atoms with Gasteiger partial charge >= 0.3 is 6.09 Å². The van der Waals surface area contributed by atoms with Crippen LogP contribution >= 0.6 is 0 Å². The number of amides is 2. The first-order chi connectivity index (χ1) is 15.1. The van der Waals surface area contributed by atoms with Gasteiger partial charge in [0.15, 0.2) is 5.78 Å². The summed E-state index contributed by atoms with van der Waals surface area (Å²) in [6.07, 6.45) is 0.581. The number of nitrogens with one attached hydrogen (secondary N) is 2. The summed E-state index contributed by atoms with van der Waals surface area (Å²) in [4.78, 5) is 38.7. The monoisotopic (exact) mass is 438 g/mol. The molecule has 0 bridgehead atoms. The Bertz CT molecular complexity index is 1010. The van der Waals surface area contributed by atoms with E-state index in [1.807, 2.05) is 24.3 Å². The molecule has 0 spiro atoms. The smallest absolute Gasteiger partial charge is 0.408 e. The largest absolute Gasteiger partial charge is 0.496 e. The molecule has 170 valence electrons. The quantitative estimate of drug-likeness (QED) is 0.695. The minimum absolute atomic E-state index is 0.170. The van der Waals surface area contributed by atoms with Gasteiger partial charge in [0.1, 0.15) is 11.4 Å². The predicted octanol–water partition coefficient (Wildman–Crippen LogP) is 4.46. The third-order valence-electron chi connectivity index (χ3n) is 5.33. The van der Waals surface area contributed by atoms with Crippen molar-refractivity contribution in [2.24, 2.45) is 0 Å². The second kappa shape index (κ2) is 9.42. The van der Waals surface area contributed by atoms with E-state index in [1.165, 1.54) is 7.11 Å². The first-order valence-electron chi connectivity index (χ1n) is 10.7. The van der Waals surface area contributed by atoms with E-state index < -0.39 is 23.7 Å². The maximum absolute atomic E-state index is 13.3. The number of carbonyl (C=O) groups excluding carboxylic acids is 3. The van der Waals surface area contributed by atoms with Gasteiger partial charge in [-0.3, -0.25) is 9.59 Å². The molecule has 0 aromatic heterocycles. The van der Waals surface area contributed by atoms with Crippen LogP contribution in [0.3, 0.4) is 0 Å². The summed E-state index contributed by atoms with van der Waals surface area (Å²) in [6, 6.07) is 12.0. The molecule has 7 nitrogen and oxygen atoms in total. The number of fused-ring (bicyclic) bond motifs is 1. The molecule has 7 heteroatoms. The number of ether oxygens (including phenoxy) is 2. The maximum Gasteiger partial charge on any atom is 0.408 e. The number of Topliss-reactive ketones (excluding diaryl/α,β-unsaturated/α-hetero) is 1. The average Bonchev–Trinajstić information content (AvgIpc) is 3.15. The van der Waals surface area contributed by atoms with Crippen molar-refractivity contribution in [1.29, 1.82) is 0 Å². The molecule has 2 N–H and O–H groups in total. The fraction of sp³-hybridized carbons (Fsp3) is 0.400. The Morgan fingerprint density at radius 3 is 2.38 bits per heavy atom. The molecule has 32 heavy (non-hydrogen) atoms. The molecule has 0 fully saturated rings. The number of alkyl carbamates (subject to hydrolysis) is 1. The standard InChI is InChI=1S/C25H30N2O5/c1-15(26-24(30)32-25(2,3)4)22(28)18-13-11-16-12-14-19(31-5)21(20(16)18)23(29)27-17-9-7-6-8-10-17/h6-10,12,14-15,18H,11,13H2,1-5H3,(H,26,30)(H,27,29)/t15-,18?/m0/s1. The summed E-state index contributed by atoms with van der Waals surface area (Å²) in [6.45, 7) is 6.91. The molecule has 0 saturated carbocycles. The van der Waals surface area contributed by atoms with Crippen LogP contribution in [0.2, 0.25) is 0 Å². The van der Waals surface area contributed by atoms with E-state index in [2.05, 4.69) is 10.6 Å². The zero-order valence-corrected chi connectivity index (χ0v) is 19.2. The van der Waals surface area contributed by atoms with Crippen LogP contribution < -0.4 is 15.4 Å². The van der Waals surface area contributed by atoms with E-state index in [9.17, 15) is 14.4 Å². The van der Waals surface area contributed by atoms with Gasteiger partial charge in [0.2, 0.25) is 0 Å². The molecule has 3 rings (SSSR count). The fourth-order valence-corrected chi connectivity index (χ4v) is 3.96. The molecule has 0 aliphatic heterocycles. The zero-order valence-electron chi connectivity index (χ0n) is 19.2. The highest BCUT2D eigenvalue weighted by molar-refractivity contribution is 6.09. The predicted molar refractivity (Wildman–Crippen MR) is 122 cm³/mol. The Morgan fingerprint density at radius 2 is 1.75 bits per heavy atom. The number of carbonyl (C=O) groups is 3. The molecule has 0 saturated heterocycles. The number of hydrogen-bond acceptors (Lipinski definition) is 5. The van der Waals surface area contributed by atoms with Gasteiger partial charge in [0, 0.05) is 11.6 Å². The van der Waals surface area contributed by atoms with Gasteiger partial charge in [-0.15, -0.1) is 0 Å². The molecule has 2 aromatic carbocycles. The molecule has 2 atom stereocenters. The van der Waals surface area contributed by atoms with Gasteiger partial charge in [-0.05, 0) is 69.9 Å². The number of ketones is 1. The van der Waals surface area contributed by atoms with Crippen LogP contribution in [-0.2, 0) is 16.0 Å². The van der Waals surface area contributed by atoms with Crippen LogP contribution in [-0.4, -0.2) is 36.5 Å². The molecule has 1 aliphatic carbocycles. The van der Waals surface area contributed by atoms with Gasteiger partial charge in [-0.1, -0.05) is 24.3 Å². The number of para-hydroxylation sites is 1. The number of benzene rings is 2. The number of methoxy groups -OCH3 is 1. The molecule has 1 aliphatic rings. The zero-order chi connectivity index (χ0) is 23.5. The van der Waals surface area contributed by atoms with Gasteiger partial charge < -0.3 is 20.1 Å². The van der Waals surface area contributed by atoms with Crippen molar-refractivity contribution in [1.82, 2.24) is 5.32 Å². The van der Waals surface area contributed by atoms with E-state index in [-0.39, 0.29) is 11.7 Å². The van der Waals surface area contributed by atoms with Crippen molar-refractivity contribution in [2.45, 2.75) is 58.1 Å². The summed E-state index contributed by atoms with van der Waals surface area (Å²) in [5.74, 6) is -0.625. The lowest BCUT2D eigenvalue weighted by molar-refractivity contribution is -0.122. The van der Waals surface area contributed by atoms with E-state index in [4.69, 9.17) is 9.47 Å². The minimum Gasteiger partial charge on any atom is -0.496 e. The normalized spacial score (nSPS) is 16.0. The third kappa shape index (κ3) is 5.28. The lowest BCUT2D eigenvalue weighted by Gasteiger charge is -2.23. The van der Waals surface area contributed by atoms with Crippen molar-refractivity contribution in [3.63, 3.8) is 0 Å². The van der Waals surface area contributed by atoms with Gasteiger partial charge in [0.25, 0.3) is 5.91 Å². The lowest BCUT2D eigenvalue weighted by atomic mass is 9.88. The summed E-state index contributed by atoms with van der Waals surface area (Å²) < 4.78 is 10.7. The topological polar surface area (TPSA) is 93.7 Å². The Hall–Kier alpha value is -3.35. The molecule has 0 radical (unpaired) electrons. The maximum atomic E-state index is 13.3. The lowest BCUT2D eigenvalue weighted by Crippen LogP contribution is -2.43. The molecule has 0 heterocycles. The number of hydrogen-bond donors (Lipinski definition) is 2. The third-order valence-corrected chi connectivity index (χ3v) is 5.33. The Labute approximate surface area is 188 Å². The van der Waals surface area contributed by atoms with Crippen molar-refractivity contribution in [2.75, 3.05) is 12.4 Å². The number of anilines is 1. The van der Waals surface area contributed by atoms with Crippen molar-refractivity contribution in [3.05, 3.63) is 59.2 Å². The highest BCUT2D eigenvalue weighted by Gasteiger charge is 2.37. The second-order valence-corrected chi connectivity index (χ2v) is 8.90. The number of aryl methyl sites for hydroxylation is 1. The van der Waals surface area contributed by atoms with Gasteiger partial charge in [0.05, 0.1) is 18.7 Å². The van der Waals surface area contributed by atoms with Crippen LogP contribution in [0.25, 0.3) is 0 Å². The summed E-state index contributed by atoms with van der Waals surface area (Å²) in [5.41, 5.74) is 1.95. The number of rotatable bonds is 6. The van der Waals surface area contributed by atoms with Crippen LogP contribution in [0, 0.1) is 0 Å². The second-order valence-electron chi connectivity index (χ2n) is 8.90. The Morgan fingerprint density at radius 1 is 1.06 bits per heavy atom. The van der Waals surface area contributed by atoms with Crippen LogP contribution in [0.4, 0.5) is 10.5 Å². The Balaban J connectivity index is 1.88. The fourth-order valence-electron chi connectivity index (χ4n) is 3.96. The molecule has 2 aromatic rings. The van der Waals surface area contributed by atoms with Crippen LogP contribution in [0.5, 0.6) is 5.75 Å². The van der Waals surface area contributed by atoms with Crippen LogP contribution in [0.15, 0.2) is 42.5 Å². The summed E-state index contributed by atoms with van der Waals surface area (Å²) >= 11 is 0. The molecular formula is C25H30N2O5. The van der Waals surface area contributed by atoms with Crippen molar-refractivity contribution in [3.8, 4) is 5.75 Å². The van der Waals surface area contributed by atoms with E-state index in [1.54, 1.807) is 45.9 Å². The van der Waals surface area contributed by atoms with Crippen LogP contribution in [0.1, 0.15) is 61.5 Å². The molecule has 1 unspecified atom stereocenters. The minimum atomic E-state index is -0.767. The highest BCUT2D eigenvalue weighted by Crippen LogP contribution is 2.41. The van der Waals surface area contributed by atoms with Gasteiger partial charge in [-0.2, -0.15) is 0 Å². The van der Waals surface area contributed by atoms with E-state index in [0.717, 1.165) is 5.56 Å². The summed E-state index contributed by atoms with van der Waals surface area (Å²) in [5, 5.41) is 5.51. The van der Waals surface area contributed by atoms with Crippen molar-refractivity contribution < 1.29 is 23.9 Å². The first kappa shape index (κ1) is 23.3. The van der Waals surface area contributed by atoms with Crippen molar-refractivity contribution >= 4 is 23.5 Å². The molecular weight excluding hydrogens is 408 g/mol. The molecule has 2 amide bonds. The Kier molecular flexibility index (Phi) is 6.87. The highest BCUT2D eigenvalue weighted by atomic mass is 16.6. The summed E-state index contributed by atoms with van der Waals surface area (Å²) in [7, 11) is 1.50.